The maximum absolute atomic E-state index is 5.37. The third kappa shape index (κ3) is 2.13. The fraction of sp³-hybridized carbons (Fsp3) is 0.462. The highest BCUT2D eigenvalue weighted by Gasteiger charge is 2.14. The van der Waals surface area contributed by atoms with Crippen molar-refractivity contribution < 1.29 is 4.74 Å². The summed E-state index contributed by atoms with van der Waals surface area (Å²) >= 11 is 0. The lowest BCUT2D eigenvalue weighted by molar-refractivity contribution is 0.122. The predicted octanol–water partition coefficient (Wildman–Crippen LogP) is 0.157. The molecule has 0 atom stereocenters. The van der Waals surface area contributed by atoms with Crippen molar-refractivity contribution in [1.29, 1.82) is 0 Å². The van der Waals surface area contributed by atoms with Crippen LogP contribution in [0.5, 0.6) is 0 Å². The molecule has 1 aliphatic heterocycles. The molecule has 0 aromatic carbocycles. The number of aromatic nitrogens is 2. The summed E-state index contributed by atoms with van der Waals surface area (Å²) in [6.07, 6.45) is 10.9. The number of fused-ring (bicyclic) bond motifs is 1. The Hall–Kier alpha value is -1.55. The van der Waals surface area contributed by atoms with Crippen LogP contribution in [0.2, 0.25) is 0 Å². The SMILES string of the molecule is C1=CCCC=c2[nH]nc(N3CCOCC3)c2=C1. The Balaban J connectivity index is 2.04. The van der Waals surface area contributed by atoms with Crippen molar-refractivity contribution in [1.82, 2.24) is 10.2 Å². The van der Waals surface area contributed by atoms with Gasteiger partial charge in [0.1, 0.15) is 0 Å². The van der Waals surface area contributed by atoms with E-state index in [9.17, 15) is 0 Å². The largest absolute Gasteiger partial charge is 0.378 e. The first kappa shape index (κ1) is 10.6. The Labute approximate surface area is 100 Å². The van der Waals surface area contributed by atoms with Crippen LogP contribution in [-0.4, -0.2) is 36.5 Å². The molecule has 0 radical (unpaired) electrons. The molecule has 1 aliphatic carbocycles. The van der Waals surface area contributed by atoms with E-state index in [0.717, 1.165) is 50.3 Å². The Kier molecular flexibility index (Phi) is 2.96. The van der Waals surface area contributed by atoms with Crippen LogP contribution in [-0.2, 0) is 4.74 Å². The van der Waals surface area contributed by atoms with E-state index >= 15 is 0 Å². The van der Waals surface area contributed by atoms with Gasteiger partial charge in [0.15, 0.2) is 5.82 Å². The fourth-order valence-corrected chi connectivity index (χ4v) is 2.27. The Morgan fingerprint density at radius 2 is 2.12 bits per heavy atom. The van der Waals surface area contributed by atoms with Gasteiger partial charge in [-0.1, -0.05) is 18.2 Å². The quantitative estimate of drug-likeness (QED) is 0.748. The van der Waals surface area contributed by atoms with Gasteiger partial charge in [-0.15, -0.1) is 0 Å². The van der Waals surface area contributed by atoms with Crippen LogP contribution in [0, 0.1) is 0 Å². The summed E-state index contributed by atoms with van der Waals surface area (Å²) in [5.41, 5.74) is 0. The van der Waals surface area contributed by atoms with Gasteiger partial charge < -0.3 is 9.64 Å². The number of aromatic amines is 1. The number of allylic oxidation sites excluding steroid dienone is 2. The van der Waals surface area contributed by atoms with Gasteiger partial charge in [-0.05, 0) is 18.9 Å². The van der Waals surface area contributed by atoms with Gasteiger partial charge in [-0.25, -0.2) is 0 Å². The molecule has 17 heavy (non-hydrogen) atoms. The molecule has 1 fully saturated rings. The third-order valence-corrected chi connectivity index (χ3v) is 3.20. The third-order valence-electron chi connectivity index (χ3n) is 3.20. The second-order valence-corrected chi connectivity index (χ2v) is 4.35. The molecule has 0 saturated carbocycles. The number of H-pyrrole nitrogens is 1. The monoisotopic (exact) mass is 231 g/mol. The number of ether oxygens (including phenoxy) is 1. The van der Waals surface area contributed by atoms with Gasteiger partial charge in [0.25, 0.3) is 0 Å². The first-order valence-corrected chi connectivity index (χ1v) is 6.19. The summed E-state index contributed by atoms with van der Waals surface area (Å²) in [6.45, 7) is 3.44. The number of hydrogen-bond donors (Lipinski definition) is 1. The molecule has 3 rings (SSSR count). The van der Waals surface area contributed by atoms with Gasteiger partial charge in [0, 0.05) is 18.3 Å². The highest BCUT2D eigenvalue weighted by atomic mass is 16.5. The van der Waals surface area contributed by atoms with E-state index in [1.54, 1.807) is 0 Å². The highest BCUT2D eigenvalue weighted by molar-refractivity contribution is 5.51. The molecule has 90 valence electrons. The zero-order chi connectivity index (χ0) is 11.5. The molecule has 0 unspecified atom stereocenters. The topological polar surface area (TPSA) is 41.2 Å². The molecule has 0 amide bonds. The minimum atomic E-state index is 0.793. The first-order chi connectivity index (χ1) is 8.45. The Bertz CT molecular complexity index is 523. The summed E-state index contributed by atoms with van der Waals surface area (Å²) in [5.74, 6) is 1.06. The van der Waals surface area contributed by atoms with Crippen molar-refractivity contribution in [2.24, 2.45) is 0 Å². The second kappa shape index (κ2) is 4.75. The molecule has 2 aliphatic rings. The maximum atomic E-state index is 5.37. The summed E-state index contributed by atoms with van der Waals surface area (Å²) in [5, 5.41) is 9.95. The van der Waals surface area contributed by atoms with Crippen molar-refractivity contribution in [3.8, 4) is 0 Å². The molecule has 0 bridgehead atoms. The Morgan fingerprint density at radius 1 is 1.24 bits per heavy atom. The number of nitrogens with zero attached hydrogens (tertiary/aromatic N) is 2. The molecule has 4 heteroatoms. The number of morpholine rings is 1. The molecule has 4 nitrogen and oxygen atoms in total. The van der Waals surface area contributed by atoms with E-state index in [1.165, 1.54) is 5.22 Å². The molecule has 1 saturated heterocycles. The fourth-order valence-electron chi connectivity index (χ4n) is 2.27. The summed E-state index contributed by atoms with van der Waals surface area (Å²) < 4.78 is 5.37. The van der Waals surface area contributed by atoms with Crippen LogP contribution in [0.1, 0.15) is 12.8 Å². The van der Waals surface area contributed by atoms with Crippen molar-refractivity contribution in [3.63, 3.8) is 0 Å². The number of rotatable bonds is 1. The van der Waals surface area contributed by atoms with Gasteiger partial charge >= 0.3 is 0 Å². The Morgan fingerprint density at radius 3 is 3.00 bits per heavy atom. The van der Waals surface area contributed by atoms with Crippen LogP contribution >= 0.6 is 0 Å². The van der Waals surface area contributed by atoms with Crippen LogP contribution in [0.3, 0.4) is 0 Å². The van der Waals surface area contributed by atoms with Gasteiger partial charge in [-0.3, -0.25) is 5.10 Å². The lowest BCUT2D eigenvalue weighted by Gasteiger charge is -2.26. The van der Waals surface area contributed by atoms with Crippen LogP contribution in [0.4, 0.5) is 5.82 Å². The minimum absolute atomic E-state index is 0.793. The van der Waals surface area contributed by atoms with Gasteiger partial charge in [0.05, 0.1) is 18.6 Å². The normalized spacial score (nSPS) is 19.9. The van der Waals surface area contributed by atoms with E-state index in [-0.39, 0.29) is 0 Å². The maximum Gasteiger partial charge on any atom is 0.158 e. The van der Waals surface area contributed by atoms with Crippen LogP contribution < -0.4 is 15.5 Å². The average molecular weight is 231 g/mol. The molecule has 0 spiro atoms. The number of nitrogens with one attached hydrogen (secondary N) is 1. The lowest BCUT2D eigenvalue weighted by atomic mass is 10.2. The van der Waals surface area contributed by atoms with Crippen LogP contribution in [0.15, 0.2) is 12.2 Å². The van der Waals surface area contributed by atoms with E-state index in [4.69, 9.17) is 4.74 Å². The van der Waals surface area contributed by atoms with Crippen LogP contribution in [0.25, 0.3) is 12.2 Å². The van der Waals surface area contributed by atoms with Gasteiger partial charge in [-0.2, -0.15) is 5.10 Å². The van der Waals surface area contributed by atoms with E-state index in [1.807, 2.05) is 0 Å². The van der Waals surface area contributed by atoms with E-state index in [2.05, 4.69) is 39.4 Å². The zero-order valence-electron chi connectivity index (χ0n) is 9.85. The summed E-state index contributed by atoms with van der Waals surface area (Å²) in [6, 6.07) is 0. The first-order valence-electron chi connectivity index (χ1n) is 6.19. The van der Waals surface area contributed by atoms with Crippen molar-refractivity contribution in [2.75, 3.05) is 31.2 Å². The van der Waals surface area contributed by atoms with Crippen molar-refractivity contribution >= 4 is 18.0 Å². The molecular formula is C13H17N3O. The predicted molar refractivity (Wildman–Crippen MR) is 68.2 cm³/mol. The summed E-state index contributed by atoms with van der Waals surface area (Å²) in [4.78, 5) is 2.29. The highest BCUT2D eigenvalue weighted by Crippen LogP contribution is 2.06. The number of hydrogen-bond acceptors (Lipinski definition) is 3. The number of anilines is 1. The smallest absolute Gasteiger partial charge is 0.158 e. The van der Waals surface area contributed by atoms with Crippen molar-refractivity contribution in [3.05, 3.63) is 22.7 Å². The molecule has 1 N–H and O–H groups in total. The molecule has 1 aromatic heterocycles. The van der Waals surface area contributed by atoms with E-state index in [0.29, 0.717) is 0 Å². The summed E-state index contributed by atoms with van der Waals surface area (Å²) in [7, 11) is 0. The minimum Gasteiger partial charge on any atom is -0.378 e. The second-order valence-electron chi connectivity index (χ2n) is 4.35. The van der Waals surface area contributed by atoms with E-state index < -0.39 is 0 Å². The molecular weight excluding hydrogens is 214 g/mol. The molecule has 2 heterocycles. The zero-order valence-corrected chi connectivity index (χ0v) is 9.85. The van der Waals surface area contributed by atoms with Gasteiger partial charge in [0.2, 0.25) is 0 Å². The lowest BCUT2D eigenvalue weighted by Crippen LogP contribution is -2.40. The van der Waals surface area contributed by atoms with Crippen molar-refractivity contribution in [2.45, 2.75) is 12.8 Å². The average Bonchev–Trinajstić information content (AvgIpc) is 2.72. The molecule has 1 aromatic rings. The standard InChI is InChI=1S/C13H17N3O/c1-2-4-6-12-11(5-3-1)13(15-14-12)16-7-9-17-10-8-16/h1,3,5-6,14H,2,4,7-10H2.